The second-order valence-electron chi connectivity index (χ2n) is 2.73. The van der Waals surface area contributed by atoms with Crippen LogP contribution >= 0.6 is 15.9 Å². The molecule has 0 aliphatic carbocycles. The third kappa shape index (κ3) is 1.90. The smallest absolute Gasteiger partial charge is 0.313 e. The zero-order valence-electron chi connectivity index (χ0n) is 7.11. The summed E-state index contributed by atoms with van der Waals surface area (Å²) in [7, 11) is 0. The predicted molar refractivity (Wildman–Crippen MR) is 55.9 cm³/mol. The molecule has 3 nitrogen and oxygen atoms in total. The molecule has 0 saturated heterocycles. The monoisotopic (exact) mass is 251 g/mol. The van der Waals surface area contributed by atoms with Gasteiger partial charge in [0.15, 0.2) is 0 Å². The minimum Gasteiger partial charge on any atom is -0.313 e. The third-order valence-corrected chi connectivity index (χ3v) is 2.28. The molecule has 2 aromatic rings. The maximum atomic E-state index is 10.7. The lowest BCUT2D eigenvalue weighted by Crippen LogP contribution is -1.97. The van der Waals surface area contributed by atoms with Crippen molar-refractivity contribution in [3.05, 3.63) is 51.3 Å². The number of aromatic nitrogens is 1. The van der Waals surface area contributed by atoms with Crippen molar-refractivity contribution in [1.82, 2.24) is 5.16 Å². The van der Waals surface area contributed by atoms with Gasteiger partial charge in [0.25, 0.3) is 0 Å². The fourth-order valence-electron chi connectivity index (χ4n) is 1.07. The van der Waals surface area contributed by atoms with E-state index in [1.807, 2.05) is 24.3 Å². The number of rotatable bonds is 1. The van der Waals surface area contributed by atoms with E-state index in [9.17, 15) is 4.79 Å². The number of halogens is 1. The standard InChI is InChI=1S/C10H6BrNO2/c11-8-3-1-7(2-4-8)9-5-6-10(13)14-12-9/h1-6H. The van der Waals surface area contributed by atoms with Crippen molar-refractivity contribution >= 4 is 15.9 Å². The average Bonchev–Trinajstić information content (AvgIpc) is 2.21. The lowest BCUT2D eigenvalue weighted by molar-refractivity contribution is 0.373. The van der Waals surface area contributed by atoms with Crippen molar-refractivity contribution in [2.45, 2.75) is 0 Å². The Morgan fingerprint density at radius 1 is 1.07 bits per heavy atom. The van der Waals surface area contributed by atoms with E-state index in [4.69, 9.17) is 0 Å². The number of benzene rings is 1. The van der Waals surface area contributed by atoms with Crippen LogP contribution in [0.25, 0.3) is 11.3 Å². The lowest BCUT2D eigenvalue weighted by Gasteiger charge is -1.97. The number of hydrogen-bond donors (Lipinski definition) is 0. The molecule has 0 bridgehead atoms. The summed E-state index contributed by atoms with van der Waals surface area (Å²) in [5.41, 5.74) is 1.12. The van der Waals surface area contributed by atoms with Crippen molar-refractivity contribution in [3.8, 4) is 11.3 Å². The lowest BCUT2D eigenvalue weighted by atomic mass is 10.1. The maximum Gasteiger partial charge on any atom is 0.358 e. The molecule has 0 aliphatic heterocycles. The van der Waals surface area contributed by atoms with Crippen LogP contribution in [-0.4, -0.2) is 5.16 Å². The van der Waals surface area contributed by atoms with E-state index >= 15 is 0 Å². The van der Waals surface area contributed by atoms with Crippen LogP contribution in [0.2, 0.25) is 0 Å². The summed E-state index contributed by atoms with van der Waals surface area (Å²) < 4.78 is 5.52. The third-order valence-electron chi connectivity index (χ3n) is 1.75. The van der Waals surface area contributed by atoms with Crippen molar-refractivity contribution in [3.63, 3.8) is 0 Å². The summed E-state index contributed by atoms with van der Waals surface area (Å²) in [6.45, 7) is 0. The molecule has 14 heavy (non-hydrogen) atoms. The second kappa shape index (κ2) is 3.75. The molecule has 4 heteroatoms. The largest absolute Gasteiger partial charge is 0.358 e. The highest BCUT2D eigenvalue weighted by Gasteiger charge is 1.99. The van der Waals surface area contributed by atoms with E-state index in [-0.39, 0.29) is 0 Å². The second-order valence-corrected chi connectivity index (χ2v) is 3.64. The van der Waals surface area contributed by atoms with E-state index in [1.165, 1.54) is 6.07 Å². The summed E-state index contributed by atoms with van der Waals surface area (Å²) in [5.74, 6) is 0. The van der Waals surface area contributed by atoms with Gasteiger partial charge in [0, 0.05) is 16.1 Å². The summed E-state index contributed by atoms with van der Waals surface area (Å²) in [5, 5.41) is 3.68. The summed E-state index contributed by atoms with van der Waals surface area (Å²) in [4.78, 5) is 10.7. The SMILES string of the molecule is O=c1ccc(-c2ccc(Br)cc2)no1. The van der Waals surface area contributed by atoms with E-state index < -0.39 is 5.63 Å². The topological polar surface area (TPSA) is 43.1 Å². The zero-order chi connectivity index (χ0) is 9.97. The van der Waals surface area contributed by atoms with Crippen molar-refractivity contribution < 1.29 is 4.52 Å². The van der Waals surface area contributed by atoms with Crippen LogP contribution in [0.1, 0.15) is 0 Å². The Kier molecular flexibility index (Phi) is 2.45. The minimum atomic E-state index is -0.439. The van der Waals surface area contributed by atoms with Crippen LogP contribution in [-0.2, 0) is 0 Å². The molecule has 1 aromatic heterocycles. The molecular formula is C10H6BrNO2. The Balaban J connectivity index is 2.44. The van der Waals surface area contributed by atoms with E-state index in [1.54, 1.807) is 6.07 Å². The molecule has 0 saturated carbocycles. The Bertz CT molecular complexity index is 470. The van der Waals surface area contributed by atoms with Crippen LogP contribution in [0.3, 0.4) is 0 Å². The summed E-state index contributed by atoms with van der Waals surface area (Å²) in [6.07, 6.45) is 0. The normalized spacial score (nSPS) is 10.1. The van der Waals surface area contributed by atoms with Gasteiger partial charge >= 0.3 is 5.63 Å². The van der Waals surface area contributed by atoms with Gasteiger partial charge in [-0.3, -0.25) is 0 Å². The molecule has 0 amide bonds. The molecule has 2 rings (SSSR count). The molecule has 0 aliphatic rings. The van der Waals surface area contributed by atoms with Crippen LogP contribution in [0, 0.1) is 0 Å². The van der Waals surface area contributed by atoms with Crippen molar-refractivity contribution in [1.29, 1.82) is 0 Å². The molecule has 1 aromatic carbocycles. The highest BCUT2D eigenvalue weighted by Crippen LogP contribution is 2.18. The molecule has 0 unspecified atom stereocenters. The molecular weight excluding hydrogens is 246 g/mol. The van der Waals surface area contributed by atoms with E-state index in [0.29, 0.717) is 5.69 Å². The van der Waals surface area contributed by atoms with E-state index in [0.717, 1.165) is 10.0 Å². The molecule has 0 N–H and O–H groups in total. The first-order chi connectivity index (χ1) is 6.75. The van der Waals surface area contributed by atoms with Crippen molar-refractivity contribution in [2.75, 3.05) is 0 Å². The summed E-state index contributed by atoms with van der Waals surface area (Å²) >= 11 is 3.34. The average molecular weight is 252 g/mol. The van der Waals surface area contributed by atoms with Gasteiger partial charge in [-0.1, -0.05) is 33.2 Å². The Hall–Kier alpha value is -1.42. The van der Waals surface area contributed by atoms with Gasteiger partial charge in [0.2, 0.25) is 0 Å². The first-order valence-corrected chi connectivity index (χ1v) is 4.78. The Morgan fingerprint density at radius 2 is 1.79 bits per heavy atom. The zero-order valence-corrected chi connectivity index (χ0v) is 8.69. The van der Waals surface area contributed by atoms with Gasteiger partial charge in [-0.05, 0) is 18.2 Å². The van der Waals surface area contributed by atoms with Gasteiger partial charge in [0.05, 0.1) is 0 Å². The molecule has 0 spiro atoms. The molecule has 0 radical (unpaired) electrons. The molecule has 0 atom stereocenters. The van der Waals surface area contributed by atoms with Gasteiger partial charge in [0.1, 0.15) is 5.69 Å². The maximum absolute atomic E-state index is 10.7. The van der Waals surface area contributed by atoms with Crippen LogP contribution in [0.5, 0.6) is 0 Å². The van der Waals surface area contributed by atoms with Crippen LogP contribution < -0.4 is 5.63 Å². The first kappa shape index (κ1) is 9.15. The number of hydrogen-bond acceptors (Lipinski definition) is 3. The fourth-order valence-corrected chi connectivity index (χ4v) is 1.34. The Morgan fingerprint density at radius 3 is 2.36 bits per heavy atom. The highest BCUT2D eigenvalue weighted by molar-refractivity contribution is 9.10. The fraction of sp³-hybridized carbons (Fsp3) is 0. The quantitative estimate of drug-likeness (QED) is 0.782. The first-order valence-electron chi connectivity index (χ1n) is 3.99. The molecule has 0 fully saturated rings. The number of nitrogens with zero attached hydrogens (tertiary/aromatic N) is 1. The van der Waals surface area contributed by atoms with Crippen molar-refractivity contribution in [2.24, 2.45) is 0 Å². The van der Waals surface area contributed by atoms with Gasteiger partial charge in [-0.2, -0.15) is 0 Å². The van der Waals surface area contributed by atoms with Gasteiger partial charge < -0.3 is 4.52 Å². The minimum absolute atomic E-state index is 0.439. The Labute approximate surface area is 88.5 Å². The molecule has 1 heterocycles. The van der Waals surface area contributed by atoms with Gasteiger partial charge in [-0.15, -0.1) is 0 Å². The molecule has 70 valence electrons. The highest BCUT2D eigenvalue weighted by atomic mass is 79.9. The van der Waals surface area contributed by atoms with Crippen LogP contribution in [0.15, 0.2) is 50.2 Å². The van der Waals surface area contributed by atoms with Gasteiger partial charge in [-0.25, -0.2) is 4.79 Å². The predicted octanol–water partition coefficient (Wildman–Crippen LogP) is 2.46. The van der Waals surface area contributed by atoms with Crippen LogP contribution in [0.4, 0.5) is 0 Å². The van der Waals surface area contributed by atoms with E-state index in [2.05, 4.69) is 25.6 Å². The summed E-state index contributed by atoms with van der Waals surface area (Å²) in [6, 6.07) is 10.6.